The second-order valence-electron chi connectivity index (χ2n) is 3.92. The number of carbonyl (C=O) groups is 1. The van der Waals surface area contributed by atoms with E-state index < -0.39 is 0 Å². The summed E-state index contributed by atoms with van der Waals surface area (Å²) < 4.78 is 0. The van der Waals surface area contributed by atoms with Gasteiger partial charge in [0.25, 0.3) is 5.91 Å². The molecule has 6 nitrogen and oxygen atoms in total. The van der Waals surface area contributed by atoms with Crippen LogP contribution in [0, 0.1) is 13.8 Å². The maximum atomic E-state index is 12.0. The fourth-order valence-corrected chi connectivity index (χ4v) is 1.61. The average Bonchev–Trinajstić information content (AvgIpc) is 2.70. The van der Waals surface area contributed by atoms with Gasteiger partial charge in [0.05, 0.1) is 17.1 Å². The number of aromatic amines is 1. The smallest absolute Gasteiger partial charge is 0.274 e. The summed E-state index contributed by atoms with van der Waals surface area (Å²) in [6.07, 6.45) is 0. The second-order valence-corrected chi connectivity index (χ2v) is 3.92. The first kappa shape index (κ1) is 12.1. The van der Waals surface area contributed by atoms with Crippen molar-refractivity contribution in [3.8, 4) is 0 Å². The average molecular weight is 245 g/mol. The number of rotatable bonds is 3. The fourth-order valence-electron chi connectivity index (χ4n) is 1.61. The van der Waals surface area contributed by atoms with Crippen molar-refractivity contribution < 1.29 is 4.79 Å². The highest BCUT2D eigenvalue weighted by atomic mass is 16.1. The van der Waals surface area contributed by atoms with Gasteiger partial charge in [-0.25, -0.2) is 4.98 Å². The van der Waals surface area contributed by atoms with E-state index in [1.165, 1.54) is 0 Å². The van der Waals surface area contributed by atoms with Crippen LogP contribution in [0.3, 0.4) is 0 Å². The van der Waals surface area contributed by atoms with Crippen LogP contribution in [0.1, 0.15) is 21.9 Å². The predicted molar refractivity (Wildman–Crippen MR) is 69.8 cm³/mol. The Bertz CT molecular complexity index is 556. The largest absolute Gasteiger partial charge is 0.373 e. The molecule has 0 aliphatic heterocycles. The Balaban J connectivity index is 2.22. The van der Waals surface area contributed by atoms with Crippen molar-refractivity contribution >= 4 is 17.4 Å². The zero-order chi connectivity index (χ0) is 13.1. The van der Waals surface area contributed by atoms with Crippen molar-refractivity contribution in [2.24, 2.45) is 0 Å². The third-order valence-electron chi connectivity index (χ3n) is 2.60. The minimum atomic E-state index is -0.250. The van der Waals surface area contributed by atoms with E-state index in [2.05, 4.69) is 25.8 Å². The summed E-state index contributed by atoms with van der Waals surface area (Å²) in [7, 11) is 1.76. The Hall–Kier alpha value is -2.37. The molecule has 0 fully saturated rings. The lowest BCUT2D eigenvalue weighted by atomic mass is 10.3. The van der Waals surface area contributed by atoms with E-state index in [1.807, 2.05) is 13.8 Å². The molecule has 2 heterocycles. The highest BCUT2D eigenvalue weighted by molar-refractivity contribution is 6.03. The maximum Gasteiger partial charge on any atom is 0.274 e. The van der Waals surface area contributed by atoms with Crippen LogP contribution in [0.5, 0.6) is 0 Å². The lowest BCUT2D eigenvalue weighted by Crippen LogP contribution is -2.15. The van der Waals surface area contributed by atoms with Crippen molar-refractivity contribution in [3.05, 3.63) is 35.3 Å². The van der Waals surface area contributed by atoms with Crippen LogP contribution in [-0.2, 0) is 0 Å². The second kappa shape index (κ2) is 4.87. The number of amides is 1. The summed E-state index contributed by atoms with van der Waals surface area (Å²) in [5.41, 5.74) is 2.65. The molecule has 0 aliphatic carbocycles. The van der Waals surface area contributed by atoms with Crippen molar-refractivity contribution in [1.82, 2.24) is 15.2 Å². The standard InChI is InChI=1S/C12H15N5O/c1-7-11(8(2)17-16-7)15-12(18)9-5-4-6-10(13-3)14-9/h4-6H,1-3H3,(H,13,14)(H,15,18)(H,16,17). The summed E-state index contributed by atoms with van der Waals surface area (Å²) >= 11 is 0. The van der Waals surface area contributed by atoms with Gasteiger partial charge in [0, 0.05) is 7.05 Å². The molecule has 94 valence electrons. The minimum absolute atomic E-state index is 0.250. The van der Waals surface area contributed by atoms with Gasteiger partial charge in [0.2, 0.25) is 0 Å². The molecule has 0 atom stereocenters. The molecule has 2 aromatic heterocycles. The minimum Gasteiger partial charge on any atom is -0.373 e. The van der Waals surface area contributed by atoms with Crippen LogP contribution in [0.2, 0.25) is 0 Å². The molecule has 0 aromatic carbocycles. The van der Waals surface area contributed by atoms with Crippen molar-refractivity contribution in [2.75, 3.05) is 17.7 Å². The molecule has 18 heavy (non-hydrogen) atoms. The first-order valence-corrected chi connectivity index (χ1v) is 5.59. The number of H-pyrrole nitrogens is 1. The number of nitrogens with one attached hydrogen (secondary N) is 3. The summed E-state index contributed by atoms with van der Waals surface area (Å²) in [6, 6.07) is 5.24. The summed E-state index contributed by atoms with van der Waals surface area (Å²) in [6.45, 7) is 3.68. The fraction of sp³-hybridized carbons (Fsp3) is 0.250. The summed E-state index contributed by atoms with van der Waals surface area (Å²) in [5.74, 6) is 0.406. The van der Waals surface area contributed by atoms with Crippen LogP contribution >= 0.6 is 0 Å². The molecular weight excluding hydrogens is 230 g/mol. The van der Waals surface area contributed by atoms with Crippen LogP contribution in [-0.4, -0.2) is 28.1 Å². The van der Waals surface area contributed by atoms with Crippen LogP contribution < -0.4 is 10.6 Å². The highest BCUT2D eigenvalue weighted by Gasteiger charge is 2.13. The predicted octanol–water partition coefficient (Wildman–Crippen LogP) is 1.72. The Morgan fingerprint density at radius 3 is 2.72 bits per heavy atom. The first-order chi connectivity index (χ1) is 8.61. The summed E-state index contributed by atoms with van der Waals surface area (Å²) in [4.78, 5) is 16.2. The molecule has 2 rings (SSSR count). The molecule has 0 aliphatic rings. The molecular formula is C12H15N5O. The normalized spacial score (nSPS) is 10.2. The number of carbonyl (C=O) groups excluding carboxylic acids is 1. The van der Waals surface area contributed by atoms with Gasteiger partial charge in [-0.2, -0.15) is 5.10 Å². The quantitative estimate of drug-likeness (QED) is 0.768. The number of nitrogens with zero attached hydrogens (tertiary/aromatic N) is 2. The maximum absolute atomic E-state index is 12.0. The molecule has 0 spiro atoms. The van der Waals surface area contributed by atoms with Gasteiger partial charge < -0.3 is 10.6 Å². The number of pyridine rings is 1. The third kappa shape index (κ3) is 2.32. The number of hydrogen-bond donors (Lipinski definition) is 3. The Morgan fingerprint density at radius 1 is 1.33 bits per heavy atom. The molecule has 0 radical (unpaired) electrons. The molecule has 2 aromatic rings. The van der Waals surface area contributed by atoms with Crippen LogP contribution in [0.4, 0.5) is 11.5 Å². The van der Waals surface area contributed by atoms with E-state index in [0.29, 0.717) is 17.2 Å². The van der Waals surface area contributed by atoms with Crippen molar-refractivity contribution in [3.63, 3.8) is 0 Å². The summed E-state index contributed by atoms with van der Waals surface area (Å²) in [5, 5.41) is 12.5. The van der Waals surface area contributed by atoms with Gasteiger partial charge in [0.1, 0.15) is 11.5 Å². The SMILES string of the molecule is CNc1cccc(C(=O)Nc2c(C)n[nH]c2C)n1. The van der Waals surface area contributed by atoms with Crippen LogP contribution in [0.25, 0.3) is 0 Å². The molecule has 0 unspecified atom stereocenters. The van der Waals surface area contributed by atoms with E-state index >= 15 is 0 Å². The lowest BCUT2D eigenvalue weighted by Gasteiger charge is -2.06. The van der Waals surface area contributed by atoms with Crippen LogP contribution in [0.15, 0.2) is 18.2 Å². The monoisotopic (exact) mass is 245 g/mol. The lowest BCUT2D eigenvalue weighted by molar-refractivity contribution is 0.102. The Kier molecular flexibility index (Phi) is 3.27. The van der Waals surface area contributed by atoms with Gasteiger partial charge in [-0.05, 0) is 26.0 Å². The topological polar surface area (TPSA) is 82.7 Å². The Labute approximate surface area is 105 Å². The molecule has 1 amide bonds. The van der Waals surface area contributed by atoms with Gasteiger partial charge >= 0.3 is 0 Å². The van der Waals surface area contributed by atoms with Gasteiger partial charge in [-0.1, -0.05) is 6.07 Å². The van der Waals surface area contributed by atoms with Crippen molar-refractivity contribution in [2.45, 2.75) is 13.8 Å². The van der Waals surface area contributed by atoms with Gasteiger partial charge in [-0.15, -0.1) is 0 Å². The van der Waals surface area contributed by atoms with E-state index in [9.17, 15) is 4.79 Å². The van der Waals surface area contributed by atoms with E-state index in [1.54, 1.807) is 25.2 Å². The van der Waals surface area contributed by atoms with Gasteiger partial charge in [-0.3, -0.25) is 9.89 Å². The number of aryl methyl sites for hydroxylation is 2. The van der Waals surface area contributed by atoms with Gasteiger partial charge in [0.15, 0.2) is 0 Å². The van der Waals surface area contributed by atoms with E-state index in [0.717, 1.165) is 11.4 Å². The number of anilines is 2. The van der Waals surface area contributed by atoms with E-state index in [4.69, 9.17) is 0 Å². The zero-order valence-corrected chi connectivity index (χ0v) is 10.5. The Morgan fingerprint density at radius 2 is 2.11 bits per heavy atom. The zero-order valence-electron chi connectivity index (χ0n) is 10.5. The molecule has 6 heteroatoms. The molecule has 0 bridgehead atoms. The first-order valence-electron chi connectivity index (χ1n) is 5.59. The number of aromatic nitrogens is 3. The molecule has 3 N–H and O–H groups in total. The molecule has 0 saturated heterocycles. The highest BCUT2D eigenvalue weighted by Crippen LogP contribution is 2.17. The third-order valence-corrected chi connectivity index (χ3v) is 2.60. The molecule has 0 saturated carbocycles. The number of hydrogen-bond acceptors (Lipinski definition) is 4. The van der Waals surface area contributed by atoms with Crippen molar-refractivity contribution in [1.29, 1.82) is 0 Å². The van der Waals surface area contributed by atoms with E-state index in [-0.39, 0.29) is 5.91 Å².